The molecule has 0 saturated carbocycles. The molecular weight excluding hydrogens is 369 g/mol. The van der Waals surface area contributed by atoms with Gasteiger partial charge in [0.05, 0.1) is 10.1 Å². The summed E-state index contributed by atoms with van der Waals surface area (Å²) < 4.78 is 5.22. The van der Waals surface area contributed by atoms with Crippen LogP contribution in [0.4, 0.5) is 0 Å². The van der Waals surface area contributed by atoms with Crippen molar-refractivity contribution >= 4 is 62.8 Å². The van der Waals surface area contributed by atoms with Crippen molar-refractivity contribution in [3.63, 3.8) is 0 Å². The van der Waals surface area contributed by atoms with Crippen molar-refractivity contribution in [3.05, 3.63) is 6.62 Å². The minimum atomic E-state index is -0.394. The molecule has 0 bridgehead atoms. The Hall–Kier alpha value is 0.960. The van der Waals surface area contributed by atoms with Crippen molar-refractivity contribution in [2.24, 2.45) is 0 Å². The molecule has 0 unspecified atom stereocenters. The molecule has 0 aromatic heterocycles. The van der Waals surface area contributed by atoms with Gasteiger partial charge in [-0.05, 0) is 45.2 Å². The second kappa shape index (κ2) is 4.73. The Morgan fingerprint density at radius 2 is 2.00 bits per heavy atom. The lowest BCUT2D eigenvalue weighted by molar-refractivity contribution is -0.135. The number of esters is 1. The van der Waals surface area contributed by atoms with E-state index in [2.05, 4.69) is 4.74 Å². The summed E-state index contributed by atoms with van der Waals surface area (Å²) >= 11 is 9.13. The topological polar surface area (TPSA) is 26.3 Å². The zero-order valence-corrected chi connectivity index (χ0v) is 9.52. The van der Waals surface area contributed by atoms with Gasteiger partial charge in [0.25, 0.3) is 0 Å². The molecule has 9 heavy (non-hydrogen) atoms. The molecule has 0 atom stereocenters. The molecule has 5 heteroatoms. The predicted molar refractivity (Wildman–Crippen MR) is 52.9 cm³/mol. The quantitative estimate of drug-likeness (QED) is 0.402. The Morgan fingerprint density at radius 1 is 1.56 bits per heavy atom. The molecule has 0 aliphatic carbocycles. The number of rotatable bonds is 1. The van der Waals surface area contributed by atoms with Gasteiger partial charge < -0.3 is 4.74 Å². The maximum atomic E-state index is 10.6. The van der Waals surface area contributed by atoms with Gasteiger partial charge in [-0.25, -0.2) is 4.79 Å². The van der Waals surface area contributed by atoms with Crippen molar-refractivity contribution in [3.8, 4) is 0 Å². The van der Waals surface area contributed by atoms with E-state index in [1.807, 2.05) is 45.2 Å². The highest BCUT2D eigenvalue weighted by molar-refractivity contribution is 14.1. The van der Waals surface area contributed by atoms with E-state index >= 15 is 0 Å². The highest BCUT2D eigenvalue weighted by Crippen LogP contribution is 2.23. The molecule has 0 radical (unpaired) electrons. The van der Waals surface area contributed by atoms with Crippen LogP contribution in [0.25, 0.3) is 0 Å². The van der Waals surface area contributed by atoms with E-state index in [4.69, 9.17) is 11.6 Å². The SMILES string of the molecule is COC(=O)/C(I)=C(/Cl)I. The molecule has 0 fully saturated rings. The Bertz CT molecular complexity index is 151. The average molecular weight is 372 g/mol. The standard InChI is InChI=1S/C4H3ClI2O2/c1-9-4(8)2(6)3(5)7/h1H3/b3-2+. The second-order valence-corrected chi connectivity index (χ2v) is 4.24. The van der Waals surface area contributed by atoms with E-state index in [1.165, 1.54) is 7.11 Å². The van der Waals surface area contributed by atoms with E-state index in [-0.39, 0.29) is 0 Å². The molecule has 52 valence electrons. The van der Waals surface area contributed by atoms with Gasteiger partial charge in [-0.3, -0.25) is 0 Å². The summed E-state index contributed by atoms with van der Waals surface area (Å²) in [6.45, 7) is 0. The summed E-state index contributed by atoms with van der Waals surface area (Å²) in [5, 5.41) is 0. The highest BCUT2D eigenvalue weighted by atomic mass is 127. The normalized spacial score (nSPS) is 12.4. The number of ether oxygens (including phenoxy) is 1. The number of carbonyl (C=O) groups excluding carboxylic acids is 1. The first-order chi connectivity index (χ1) is 4.09. The third kappa shape index (κ3) is 3.61. The summed E-state index contributed by atoms with van der Waals surface area (Å²) in [4.78, 5) is 10.6. The van der Waals surface area contributed by atoms with Gasteiger partial charge >= 0.3 is 5.97 Å². The first-order valence-electron chi connectivity index (χ1n) is 1.88. The van der Waals surface area contributed by atoms with Crippen molar-refractivity contribution in [2.45, 2.75) is 0 Å². The number of carbonyl (C=O) groups is 1. The lowest BCUT2D eigenvalue weighted by Gasteiger charge is -1.94. The van der Waals surface area contributed by atoms with Crippen molar-refractivity contribution in [1.29, 1.82) is 0 Å². The van der Waals surface area contributed by atoms with Crippen LogP contribution in [0.2, 0.25) is 0 Å². The predicted octanol–water partition coefficient (Wildman–Crippen LogP) is 2.44. The Morgan fingerprint density at radius 3 is 2.11 bits per heavy atom. The number of hydrogen-bond donors (Lipinski definition) is 0. The highest BCUT2D eigenvalue weighted by Gasteiger charge is 2.07. The van der Waals surface area contributed by atoms with Crippen molar-refractivity contribution in [2.75, 3.05) is 7.11 Å². The molecule has 0 rings (SSSR count). The van der Waals surface area contributed by atoms with Gasteiger partial charge in [0.15, 0.2) is 0 Å². The molecule has 2 nitrogen and oxygen atoms in total. The lowest BCUT2D eigenvalue weighted by atomic mass is 10.7. The van der Waals surface area contributed by atoms with Crippen LogP contribution < -0.4 is 0 Å². The first-order valence-corrected chi connectivity index (χ1v) is 4.42. The number of methoxy groups -OCH3 is 1. The number of halogens is 3. The van der Waals surface area contributed by atoms with Gasteiger partial charge in [0.2, 0.25) is 0 Å². The molecular formula is C4H3ClI2O2. The van der Waals surface area contributed by atoms with E-state index in [9.17, 15) is 4.79 Å². The fourth-order valence-corrected chi connectivity index (χ4v) is 0.684. The van der Waals surface area contributed by atoms with Crippen LogP contribution in [0.1, 0.15) is 0 Å². The summed E-state index contributed by atoms with van der Waals surface area (Å²) in [5.41, 5.74) is 0. The van der Waals surface area contributed by atoms with Crippen LogP contribution in [0.5, 0.6) is 0 Å². The zero-order chi connectivity index (χ0) is 7.44. The molecule has 0 saturated heterocycles. The van der Waals surface area contributed by atoms with Crippen molar-refractivity contribution < 1.29 is 9.53 Å². The molecule has 0 aromatic carbocycles. The third-order valence-corrected chi connectivity index (χ3v) is 3.59. The van der Waals surface area contributed by atoms with Crippen LogP contribution >= 0.6 is 56.8 Å². The largest absolute Gasteiger partial charge is 0.465 e. The zero-order valence-electron chi connectivity index (χ0n) is 4.45. The fourth-order valence-electron chi connectivity index (χ4n) is 0.167. The molecule has 0 spiro atoms. The Kier molecular flexibility index (Phi) is 5.23. The minimum absolute atomic E-state index is 0.394. The maximum Gasteiger partial charge on any atom is 0.346 e. The van der Waals surface area contributed by atoms with Crippen LogP contribution in [0.15, 0.2) is 6.62 Å². The van der Waals surface area contributed by atoms with Crippen LogP contribution in [0, 0.1) is 0 Å². The van der Waals surface area contributed by atoms with E-state index in [0.717, 1.165) is 0 Å². The van der Waals surface area contributed by atoms with E-state index in [1.54, 1.807) is 0 Å². The average Bonchev–Trinajstić information content (AvgIpc) is 1.84. The molecule has 0 aromatic rings. The second-order valence-electron chi connectivity index (χ2n) is 1.07. The Balaban J connectivity index is 4.21. The van der Waals surface area contributed by atoms with Gasteiger partial charge in [-0.15, -0.1) is 0 Å². The molecule has 0 aliphatic rings. The first kappa shape index (κ1) is 9.96. The van der Waals surface area contributed by atoms with Gasteiger partial charge in [-0.1, -0.05) is 11.6 Å². The Labute approximate surface area is 85.2 Å². The molecule has 0 amide bonds. The monoisotopic (exact) mass is 372 g/mol. The molecule has 0 aliphatic heterocycles. The summed E-state index contributed by atoms with van der Waals surface area (Å²) in [6, 6.07) is 0. The van der Waals surface area contributed by atoms with E-state index < -0.39 is 5.97 Å². The van der Waals surface area contributed by atoms with Gasteiger partial charge in [0.1, 0.15) is 3.58 Å². The van der Waals surface area contributed by atoms with E-state index in [0.29, 0.717) is 6.62 Å². The molecule has 0 heterocycles. The lowest BCUT2D eigenvalue weighted by Crippen LogP contribution is -1.98. The minimum Gasteiger partial charge on any atom is -0.465 e. The summed E-state index contributed by atoms with van der Waals surface area (Å²) in [6.07, 6.45) is 0. The summed E-state index contributed by atoms with van der Waals surface area (Å²) in [5.74, 6) is -0.394. The summed E-state index contributed by atoms with van der Waals surface area (Å²) in [7, 11) is 1.32. The maximum absolute atomic E-state index is 10.6. The molecule has 0 N–H and O–H groups in total. The fraction of sp³-hybridized carbons (Fsp3) is 0.250. The van der Waals surface area contributed by atoms with Crippen LogP contribution in [0.3, 0.4) is 0 Å². The van der Waals surface area contributed by atoms with Gasteiger partial charge in [0, 0.05) is 0 Å². The van der Waals surface area contributed by atoms with Crippen LogP contribution in [-0.2, 0) is 9.53 Å². The number of hydrogen-bond acceptors (Lipinski definition) is 2. The van der Waals surface area contributed by atoms with Gasteiger partial charge in [-0.2, -0.15) is 0 Å². The third-order valence-electron chi connectivity index (χ3n) is 0.531. The van der Waals surface area contributed by atoms with Crippen molar-refractivity contribution in [1.82, 2.24) is 0 Å². The smallest absolute Gasteiger partial charge is 0.346 e. The van der Waals surface area contributed by atoms with Crippen LogP contribution in [-0.4, -0.2) is 13.1 Å².